The van der Waals surface area contributed by atoms with Gasteiger partial charge in [-0.05, 0) is 13.8 Å². The molecule has 1 aliphatic heterocycles. The molecule has 0 radical (unpaired) electrons. The fraction of sp³-hybridized carbons (Fsp3) is 1.00. The predicted molar refractivity (Wildman–Crippen MR) is 40.6 cm³/mol. The van der Waals surface area contributed by atoms with Gasteiger partial charge in [0, 0.05) is 13.1 Å². The van der Waals surface area contributed by atoms with Crippen molar-refractivity contribution < 1.29 is 5.03 Å². The molecule has 0 bridgehead atoms. The van der Waals surface area contributed by atoms with Crippen molar-refractivity contribution in [3.05, 3.63) is 10.1 Å². The summed E-state index contributed by atoms with van der Waals surface area (Å²) in [5, 5.41) is 14.6. The van der Waals surface area contributed by atoms with Crippen molar-refractivity contribution in [3.8, 4) is 0 Å². The van der Waals surface area contributed by atoms with Gasteiger partial charge in [-0.15, -0.1) is 5.01 Å². The lowest BCUT2D eigenvalue weighted by Gasteiger charge is -2.31. The first-order valence-electron chi connectivity index (χ1n) is 3.76. The van der Waals surface area contributed by atoms with Crippen molar-refractivity contribution in [3.63, 3.8) is 0 Å². The zero-order chi connectivity index (χ0) is 8.43. The van der Waals surface area contributed by atoms with Crippen LogP contribution in [0, 0.1) is 10.1 Å². The zero-order valence-corrected chi connectivity index (χ0v) is 6.78. The Bertz CT molecular complexity index is 152. The standard InChI is InChI=1S/C6H13N3O2/c1-5-3-7-4-6(2)8(5)9(10)11/h5-7H,3-4H2,1-2H3. The third-order valence-corrected chi connectivity index (χ3v) is 1.97. The monoisotopic (exact) mass is 159 g/mol. The first-order valence-corrected chi connectivity index (χ1v) is 3.76. The third-order valence-electron chi connectivity index (χ3n) is 1.97. The summed E-state index contributed by atoms with van der Waals surface area (Å²) < 4.78 is 0. The number of piperazine rings is 1. The van der Waals surface area contributed by atoms with Crippen molar-refractivity contribution in [2.45, 2.75) is 25.9 Å². The fourth-order valence-electron chi connectivity index (χ4n) is 1.44. The average molecular weight is 159 g/mol. The molecule has 1 heterocycles. The minimum absolute atomic E-state index is 0.00579. The Labute approximate surface area is 65.5 Å². The molecule has 1 saturated heterocycles. The molecule has 1 fully saturated rings. The van der Waals surface area contributed by atoms with Gasteiger partial charge >= 0.3 is 0 Å². The largest absolute Gasteiger partial charge is 0.312 e. The van der Waals surface area contributed by atoms with Crippen molar-refractivity contribution >= 4 is 0 Å². The van der Waals surface area contributed by atoms with Crippen LogP contribution < -0.4 is 5.32 Å². The summed E-state index contributed by atoms with van der Waals surface area (Å²) >= 11 is 0. The molecule has 5 nitrogen and oxygen atoms in total. The maximum atomic E-state index is 10.5. The molecule has 1 N–H and O–H groups in total. The molecule has 0 aromatic rings. The third kappa shape index (κ3) is 1.59. The van der Waals surface area contributed by atoms with E-state index in [-0.39, 0.29) is 17.1 Å². The quantitative estimate of drug-likeness (QED) is 0.427. The molecule has 0 aromatic carbocycles. The van der Waals surface area contributed by atoms with Crippen molar-refractivity contribution in [2.24, 2.45) is 0 Å². The molecule has 0 aliphatic carbocycles. The molecule has 0 spiro atoms. The molecule has 2 unspecified atom stereocenters. The Balaban J connectivity index is 2.62. The molecule has 0 amide bonds. The summed E-state index contributed by atoms with van der Waals surface area (Å²) in [5.41, 5.74) is 0. The van der Waals surface area contributed by atoms with E-state index in [1.807, 2.05) is 13.8 Å². The number of nitrogens with zero attached hydrogens (tertiary/aromatic N) is 2. The van der Waals surface area contributed by atoms with Crippen LogP contribution in [0.2, 0.25) is 0 Å². The van der Waals surface area contributed by atoms with E-state index in [4.69, 9.17) is 0 Å². The van der Waals surface area contributed by atoms with E-state index < -0.39 is 0 Å². The molecule has 0 saturated carbocycles. The molecule has 2 atom stereocenters. The second kappa shape index (κ2) is 3.04. The average Bonchev–Trinajstić information content (AvgIpc) is 1.85. The van der Waals surface area contributed by atoms with Crippen LogP contribution >= 0.6 is 0 Å². The minimum atomic E-state index is -0.309. The van der Waals surface area contributed by atoms with E-state index >= 15 is 0 Å². The minimum Gasteiger partial charge on any atom is -0.312 e. The maximum Gasteiger partial charge on any atom is 0.160 e. The number of nitrogens with one attached hydrogen (secondary N) is 1. The molecular formula is C6H13N3O2. The number of hydrazine groups is 1. The second-order valence-electron chi connectivity index (χ2n) is 2.97. The van der Waals surface area contributed by atoms with Gasteiger partial charge in [-0.2, -0.15) is 0 Å². The van der Waals surface area contributed by atoms with Gasteiger partial charge in [-0.25, -0.2) is 10.1 Å². The van der Waals surface area contributed by atoms with Gasteiger partial charge in [0.25, 0.3) is 0 Å². The molecule has 64 valence electrons. The van der Waals surface area contributed by atoms with E-state index in [2.05, 4.69) is 5.32 Å². The van der Waals surface area contributed by atoms with E-state index in [0.717, 1.165) is 0 Å². The highest BCUT2D eigenvalue weighted by molar-refractivity contribution is 4.76. The van der Waals surface area contributed by atoms with Gasteiger partial charge in [-0.3, -0.25) is 0 Å². The normalized spacial score (nSPS) is 32.0. The zero-order valence-electron chi connectivity index (χ0n) is 6.78. The number of hydrogen-bond acceptors (Lipinski definition) is 3. The molecule has 1 rings (SSSR count). The summed E-state index contributed by atoms with van der Waals surface area (Å²) in [5.74, 6) is 0. The second-order valence-corrected chi connectivity index (χ2v) is 2.97. The van der Waals surface area contributed by atoms with Crippen LogP contribution in [0.1, 0.15) is 13.8 Å². The van der Waals surface area contributed by atoms with Crippen molar-refractivity contribution in [1.82, 2.24) is 10.3 Å². The Morgan fingerprint density at radius 1 is 1.45 bits per heavy atom. The van der Waals surface area contributed by atoms with Crippen molar-refractivity contribution in [2.75, 3.05) is 13.1 Å². The van der Waals surface area contributed by atoms with Crippen LogP contribution in [0.5, 0.6) is 0 Å². The van der Waals surface area contributed by atoms with Crippen LogP contribution in [0.3, 0.4) is 0 Å². The van der Waals surface area contributed by atoms with Crippen LogP contribution in [-0.2, 0) is 0 Å². The van der Waals surface area contributed by atoms with E-state index in [0.29, 0.717) is 13.1 Å². The maximum absolute atomic E-state index is 10.5. The lowest BCUT2D eigenvalue weighted by Crippen LogP contribution is -2.57. The number of rotatable bonds is 1. The molecule has 11 heavy (non-hydrogen) atoms. The van der Waals surface area contributed by atoms with Gasteiger partial charge in [0.2, 0.25) is 0 Å². The summed E-state index contributed by atoms with van der Waals surface area (Å²) in [4.78, 5) is 10.5. The van der Waals surface area contributed by atoms with Gasteiger partial charge < -0.3 is 5.32 Å². The van der Waals surface area contributed by atoms with E-state index in [1.54, 1.807) is 0 Å². The fourth-order valence-corrected chi connectivity index (χ4v) is 1.44. The highest BCUT2D eigenvalue weighted by Gasteiger charge is 2.31. The Kier molecular flexibility index (Phi) is 2.28. The Morgan fingerprint density at radius 3 is 2.18 bits per heavy atom. The van der Waals surface area contributed by atoms with E-state index in [1.165, 1.54) is 5.01 Å². The summed E-state index contributed by atoms with van der Waals surface area (Å²) in [7, 11) is 0. The van der Waals surface area contributed by atoms with E-state index in [9.17, 15) is 10.1 Å². The summed E-state index contributed by atoms with van der Waals surface area (Å²) in [6.45, 7) is 5.10. The molecule has 5 heteroatoms. The SMILES string of the molecule is CC1CNCC(C)N1[N+](=O)[O-]. The summed E-state index contributed by atoms with van der Waals surface area (Å²) in [6, 6.07) is -0.0116. The highest BCUT2D eigenvalue weighted by atomic mass is 16.7. The first kappa shape index (κ1) is 8.26. The Morgan fingerprint density at radius 2 is 1.91 bits per heavy atom. The smallest absolute Gasteiger partial charge is 0.160 e. The lowest BCUT2D eigenvalue weighted by molar-refractivity contribution is -0.673. The van der Waals surface area contributed by atoms with Gasteiger partial charge in [-0.1, -0.05) is 0 Å². The number of nitro groups is 1. The predicted octanol–water partition coefficient (Wildman–Crippen LogP) is -0.140. The van der Waals surface area contributed by atoms with Crippen LogP contribution in [0.4, 0.5) is 0 Å². The van der Waals surface area contributed by atoms with Gasteiger partial charge in [0.15, 0.2) is 5.03 Å². The Hall–Kier alpha value is -0.840. The molecule has 1 aliphatic rings. The lowest BCUT2D eigenvalue weighted by atomic mass is 10.2. The van der Waals surface area contributed by atoms with Crippen LogP contribution in [-0.4, -0.2) is 35.2 Å². The number of hydrogen-bond donors (Lipinski definition) is 1. The summed E-state index contributed by atoms with van der Waals surface area (Å²) in [6.07, 6.45) is 0. The first-order chi connectivity index (χ1) is 5.13. The van der Waals surface area contributed by atoms with Gasteiger partial charge in [0.05, 0.1) is 12.1 Å². The van der Waals surface area contributed by atoms with Crippen molar-refractivity contribution in [1.29, 1.82) is 0 Å². The van der Waals surface area contributed by atoms with Gasteiger partial charge in [0.1, 0.15) is 0 Å². The topological polar surface area (TPSA) is 58.4 Å². The van der Waals surface area contributed by atoms with Crippen LogP contribution in [0.25, 0.3) is 0 Å². The molecule has 0 aromatic heterocycles. The highest BCUT2D eigenvalue weighted by Crippen LogP contribution is 2.08. The molecular weight excluding hydrogens is 146 g/mol. The van der Waals surface area contributed by atoms with Crippen LogP contribution in [0.15, 0.2) is 0 Å².